The molecule has 0 radical (unpaired) electrons. The van der Waals surface area contributed by atoms with Gasteiger partial charge in [0.25, 0.3) is 5.91 Å². The lowest BCUT2D eigenvalue weighted by Gasteiger charge is -2.55. The summed E-state index contributed by atoms with van der Waals surface area (Å²) in [7, 11) is 3.62. The number of aliphatic hydroxyl groups excluding tert-OH is 1. The first kappa shape index (κ1) is 19.1. The number of H-pyrrole nitrogens is 1. The second-order valence-electron chi connectivity index (χ2n) is 8.36. The third-order valence-electron chi connectivity index (χ3n) is 6.53. The molecule has 1 amide bonds. The van der Waals surface area contributed by atoms with E-state index in [0.717, 1.165) is 27.9 Å². The minimum absolute atomic E-state index is 0.00140. The Hall–Kier alpha value is -2.90. The molecule has 0 bridgehead atoms. The van der Waals surface area contributed by atoms with Crippen LogP contribution in [-0.2, 0) is 5.41 Å². The van der Waals surface area contributed by atoms with E-state index in [2.05, 4.69) is 9.88 Å². The van der Waals surface area contributed by atoms with Crippen molar-refractivity contribution >= 4 is 16.8 Å². The molecule has 0 saturated carbocycles. The summed E-state index contributed by atoms with van der Waals surface area (Å²) in [5.74, 6) is -0.0211. The van der Waals surface area contributed by atoms with E-state index in [0.29, 0.717) is 19.6 Å². The van der Waals surface area contributed by atoms with Gasteiger partial charge in [-0.15, -0.1) is 0 Å². The summed E-state index contributed by atoms with van der Waals surface area (Å²) in [6.45, 7) is 1.73. The molecule has 5 rings (SSSR count). The van der Waals surface area contributed by atoms with E-state index in [1.807, 2.05) is 25.2 Å². The van der Waals surface area contributed by atoms with E-state index in [9.17, 15) is 14.3 Å². The van der Waals surface area contributed by atoms with Crippen molar-refractivity contribution in [1.82, 2.24) is 14.8 Å². The fraction of sp³-hybridized carbons (Fsp3) is 0.348. The molecule has 1 saturated heterocycles. The Morgan fingerprint density at radius 3 is 2.73 bits per heavy atom. The zero-order valence-corrected chi connectivity index (χ0v) is 17.0. The number of carbonyl (C=O) groups is 1. The van der Waals surface area contributed by atoms with Gasteiger partial charge in [-0.1, -0.05) is 12.1 Å². The predicted octanol–water partition coefficient (Wildman–Crippen LogP) is 2.69. The Kier molecular flexibility index (Phi) is 4.34. The van der Waals surface area contributed by atoms with Gasteiger partial charge in [-0.25, -0.2) is 4.39 Å². The van der Waals surface area contributed by atoms with Gasteiger partial charge in [0.05, 0.1) is 25.3 Å². The summed E-state index contributed by atoms with van der Waals surface area (Å²) in [5.41, 5.74) is 2.92. The van der Waals surface area contributed by atoms with E-state index >= 15 is 0 Å². The number of amides is 1. The Labute approximate surface area is 173 Å². The highest BCUT2D eigenvalue weighted by Crippen LogP contribution is 2.48. The van der Waals surface area contributed by atoms with Gasteiger partial charge in [0, 0.05) is 47.7 Å². The summed E-state index contributed by atoms with van der Waals surface area (Å²) < 4.78 is 19.5. The lowest BCUT2D eigenvalue weighted by molar-refractivity contribution is 0.00811. The highest BCUT2D eigenvalue weighted by molar-refractivity contribution is 5.96. The standard InChI is InChI=1S/C23H24FN3O3/c1-26-11-23(12-27(13-23)22(29)15-5-3-4-6-17(15)24)20-16-8-7-14(30-2)9-18(16)25-21(20)19(26)10-28/h3-9,19,25,28H,10-13H2,1-2H3/t19-/m1/s1. The van der Waals surface area contributed by atoms with Crippen LogP contribution in [-0.4, -0.2) is 66.2 Å². The third kappa shape index (κ3) is 2.66. The fourth-order valence-corrected chi connectivity index (χ4v) is 5.15. The molecule has 0 unspecified atom stereocenters. The third-order valence-corrected chi connectivity index (χ3v) is 6.53. The van der Waals surface area contributed by atoms with Crippen molar-refractivity contribution in [3.8, 4) is 5.75 Å². The van der Waals surface area contributed by atoms with Crippen LogP contribution in [0.5, 0.6) is 5.75 Å². The second-order valence-corrected chi connectivity index (χ2v) is 8.36. The summed E-state index contributed by atoms with van der Waals surface area (Å²) >= 11 is 0. The number of nitrogens with one attached hydrogen (secondary N) is 1. The van der Waals surface area contributed by atoms with Crippen molar-refractivity contribution in [2.75, 3.05) is 40.4 Å². The number of hydrogen-bond donors (Lipinski definition) is 2. The molecule has 0 aliphatic carbocycles. The molecular weight excluding hydrogens is 385 g/mol. The minimum atomic E-state index is -0.496. The molecule has 3 aromatic rings. The second kappa shape index (κ2) is 6.82. The smallest absolute Gasteiger partial charge is 0.256 e. The van der Waals surface area contributed by atoms with Crippen LogP contribution >= 0.6 is 0 Å². The average Bonchev–Trinajstić information content (AvgIpc) is 3.10. The molecule has 3 heterocycles. The van der Waals surface area contributed by atoms with Crippen molar-refractivity contribution in [1.29, 1.82) is 0 Å². The Morgan fingerprint density at radius 1 is 1.27 bits per heavy atom. The fourth-order valence-electron chi connectivity index (χ4n) is 5.15. The van der Waals surface area contributed by atoms with Crippen molar-refractivity contribution in [3.63, 3.8) is 0 Å². The number of nitrogens with zero attached hydrogens (tertiary/aromatic N) is 2. The Morgan fingerprint density at radius 2 is 2.03 bits per heavy atom. The first-order valence-corrected chi connectivity index (χ1v) is 10.0. The number of aromatic amines is 1. The first-order chi connectivity index (χ1) is 14.5. The molecular formula is C23H24FN3O3. The number of aliphatic hydroxyl groups is 1. The molecule has 6 nitrogen and oxygen atoms in total. The molecule has 2 aliphatic rings. The number of aromatic nitrogens is 1. The summed E-state index contributed by atoms with van der Waals surface area (Å²) in [5, 5.41) is 11.1. The summed E-state index contributed by atoms with van der Waals surface area (Å²) in [6, 6.07) is 11.9. The maximum absolute atomic E-state index is 14.1. The molecule has 1 atom stereocenters. The van der Waals surface area contributed by atoms with E-state index in [4.69, 9.17) is 4.74 Å². The van der Waals surface area contributed by atoms with E-state index in [1.54, 1.807) is 24.1 Å². The predicted molar refractivity (Wildman–Crippen MR) is 111 cm³/mol. The van der Waals surface area contributed by atoms with Gasteiger partial charge in [-0.3, -0.25) is 9.69 Å². The number of likely N-dealkylation sites (tertiary alicyclic amines) is 1. The zero-order chi connectivity index (χ0) is 21.0. The van der Waals surface area contributed by atoms with E-state index in [-0.39, 0.29) is 29.5 Å². The first-order valence-electron chi connectivity index (χ1n) is 10.0. The molecule has 7 heteroatoms. The molecule has 1 aromatic heterocycles. The highest BCUT2D eigenvalue weighted by atomic mass is 19.1. The van der Waals surface area contributed by atoms with Crippen LogP contribution in [0.15, 0.2) is 42.5 Å². The van der Waals surface area contributed by atoms with Crippen LogP contribution < -0.4 is 4.74 Å². The van der Waals surface area contributed by atoms with Crippen molar-refractivity contribution < 1.29 is 19.0 Å². The number of likely N-dealkylation sites (N-methyl/N-ethyl adjacent to an activating group) is 1. The van der Waals surface area contributed by atoms with Crippen LogP contribution in [0, 0.1) is 5.82 Å². The number of carbonyl (C=O) groups excluding carboxylic acids is 1. The van der Waals surface area contributed by atoms with Gasteiger partial charge in [0.2, 0.25) is 0 Å². The number of hydrogen-bond acceptors (Lipinski definition) is 4. The van der Waals surface area contributed by atoms with Gasteiger partial charge in [0.1, 0.15) is 11.6 Å². The van der Waals surface area contributed by atoms with E-state index in [1.165, 1.54) is 12.1 Å². The Bertz CT molecular complexity index is 1140. The highest BCUT2D eigenvalue weighted by Gasteiger charge is 2.53. The molecule has 156 valence electrons. The maximum Gasteiger partial charge on any atom is 0.256 e. The normalized spacial score (nSPS) is 20.3. The molecule has 2 aromatic carbocycles. The number of methoxy groups -OCH3 is 1. The molecule has 2 N–H and O–H groups in total. The van der Waals surface area contributed by atoms with Gasteiger partial charge in [-0.05, 0) is 36.9 Å². The number of benzene rings is 2. The number of ether oxygens (including phenoxy) is 1. The largest absolute Gasteiger partial charge is 0.497 e. The zero-order valence-electron chi connectivity index (χ0n) is 17.0. The number of halogens is 1. The minimum Gasteiger partial charge on any atom is -0.497 e. The molecule has 30 heavy (non-hydrogen) atoms. The molecule has 1 spiro atoms. The van der Waals surface area contributed by atoms with Gasteiger partial charge < -0.3 is 19.7 Å². The number of fused-ring (bicyclic) bond motifs is 4. The van der Waals surface area contributed by atoms with Crippen molar-refractivity contribution in [2.45, 2.75) is 11.5 Å². The number of rotatable bonds is 3. The van der Waals surface area contributed by atoms with Crippen LogP contribution in [0.3, 0.4) is 0 Å². The van der Waals surface area contributed by atoms with Gasteiger partial charge in [0.15, 0.2) is 0 Å². The molecule has 1 fully saturated rings. The lowest BCUT2D eigenvalue weighted by Crippen LogP contribution is -2.67. The van der Waals surface area contributed by atoms with Crippen LogP contribution in [0.1, 0.15) is 27.7 Å². The SMILES string of the molecule is COc1ccc2c3c([nH]c2c1)[C@@H](CO)N(C)CC31CN(C(=O)c2ccccc2F)C1. The van der Waals surface area contributed by atoms with Crippen molar-refractivity contribution in [3.05, 3.63) is 65.1 Å². The topological polar surface area (TPSA) is 68.8 Å². The summed E-state index contributed by atoms with van der Waals surface area (Å²) in [4.78, 5) is 20.2. The van der Waals surface area contributed by atoms with Gasteiger partial charge >= 0.3 is 0 Å². The Balaban J connectivity index is 1.55. The maximum atomic E-state index is 14.1. The van der Waals surface area contributed by atoms with Crippen LogP contribution in [0.4, 0.5) is 4.39 Å². The average molecular weight is 409 g/mol. The van der Waals surface area contributed by atoms with Crippen molar-refractivity contribution in [2.24, 2.45) is 0 Å². The lowest BCUT2D eigenvalue weighted by atomic mass is 9.68. The van der Waals surface area contributed by atoms with Gasteiger partial charge in [-0.2, -0.15) is 0 Å². The quantitative estimate of drug-likeness (QED) is 0.698. The monoisotopic (exact) mass is 409 g/mol. The molecule has 2 aliphatic heterocycles. The van der Waals surface area contributed by atoms with Crippen LogP contribution in [0.2, 0.25) is 0 Å². The van der Waals surface area contributed by atoms with E-state index < -0.39 is 5.82 Å². The summed E-state index contributed by atoms with van der Waals surface area (Å²) in [6.07, 6.45) is 0. The van der Waals surface area contributed by atoms with Crippen LogP contribution in [0.25, 0.3) is 10.9 Å².